The number of esters is 1. The van der Waals surface area contributed by atoms with Crippen LogP contribution in [0.2, 0.25) is 0 Å². The number of hydrogen-bond acceptors (Lipinski definition) is 6. The Balaban J connectivity index is 1.83. The standard InChI is InChI=1S/C25H18N2O6/c1-2-33-25(30)16-11-13-18(14-12-16)26-23(28)20-9-5-4-8-19(20)21(24(26)29)15-17-7-3-6-10-22(17)27(31)32/h3-15H,2H2,1H3. The molecule has 3 aromatic rings. The first-order valence-corrected chi connectivity index (χ1v) is 10.1. The summed E-state index contributed by atoms with van der Waals surface area (Å²) in [7, 11) is 0. The van der Waals surface area contributed by atoms with Crippen LogP contribution in [0, 0.1) is 10.1 Å². The van der Waals surface area contributed by atoms with E-state index >= 15 is 0 Å². The van der Waals surface area contributed by atoms with Gasteiger partial charge in [0.05, 0.1) is 28.3 Å². The number of anilines is 1. The SMILES string of the molecule is CCOC(=O)c1ccc(N2C(=O)C(=Cc3ccccc3[N+](=O)[O-])c3ccccc3C2=O)cc1. The van der Waals surface area contributed by atoms with Gasteiger partial charge in [-0.1, -0.05) is 30.3 Å². The van der Waals surface area contributed by atoms with Crippen molar-refractivity contribution in [1.29, 1.82) is 0 Å². The number of benzene rings is 3. The summed E-state index contributed by atoms with van der Waals surface area (Å²) >= 11 is 0. The normalized spacial score (nSPS) is 14.2. The average molecular weight is 442 g/mol. The monoisotopic (exact) mass is 442 g/mol. The van der Waals surface area contributed by atoms with E-state index in [1.54, 1.807) is 37.3 Å². The van der Waals surface area contributed by atoms with Gasteiger partial charge in [0.25, 0.3) is 17.5 Å². The van der Waals surface area contributed by atoms with Crippen molar-refractivity contribution in [3.63, 3.8) is 0 Å². The van der Waals surface area contributed by atoms with Crippen molar-refractivity contribution in [3.8, 4) is 0 Å². The van der Waals surface area contributed by atoms with E-state index < -0.39 is 22.7 Å². The molecule has 4 rings (SSSR count). The summed E-state index contributed by atoms with van der Waals surface area (Å²) in [5.41, 5.74) is 1.47. The van der Waals surface area contributed by atoms with Crippen LogP contribution in [-0.4, -0.2) is 29.3 Å². The maximum absolute atomic E-state index is 13.5. The fourth-order valence-electron chi connectivity index (χ4n) is 3.62. The molecule has 0 spiro atoms. The molecule has 8 heteroatoms. The molecule has 164 valence electrons. The number of amides is 2. The van der Waals surface area contributed by atoms with E-state index in [1.165, 1.54) is 48.5 Å². The molecule has 8 nitrogen and oxygen atoms in total. The number of fused-ring (bicyclic) bond motifs is 1. The van der Waals surface area contributed by atoms with Gasteiger partial charge < -0.3 is 4.74 Å². The lowest BCUT2D eigenvalue weighted by Gasteiger charge is -2.28. The lowest BCUT2D eigenvalue weighted by molar-refractivity contribution is -0.385. The average Bonchev–Trinajstić information content (AvgIpc) is 2.82. The summed E-state index contributed by atoms with van der Waals surface area (Å²) in [4.78, 5) is 50.5. The van der Waals surface area contributed by atoms with Gasteiger partial charge in [-0.05, 0) is 55.0 Å². The van der Waals surface area contributed by atoms with Crippen LogP contribution in [-0.2, 0) is 9.53 Å². The highest BCUT2D eigenvalue weighted by atomic mass is 16.6. The van der Waals surface area contributed by atoms with Gasteiger partial charge in [0.15, 0.2) is 0 Å². The van der Waals surface area contributed by atoms with Crippen molar-refractivity contribution in [2.24, 2.45) is 0 Å². The quantitative estimate of drug-likeness (QED) is 0.189. The Bertz CT molecular complexity index is 1310. The van der Waals surface area contributed by atoms with Crippen molar-refractivity contribution < 1.29 is 24.0 Å². The van der Waals surface area contributed by atoms with Gasteiger partial charge in [0, 0.05) is 17.2 Å². The van der Waals surface area contributed by atoms with Crippen molar-refractivity contribution in [3.05, 3.63) is 105 Å². The second-order valence-corrected chi connectivity index (χ2v) is 7.13. The number of nitro groups is 1. The zero-order valence-corrected chi connectivity index (χ0v) is 17.6. The van der Waals surface area contributed by atoms with E-state index in [0.29, 0.717) is 5.56 Å². The molecule has 0 fully saturated rings. The molecule has 0 saturated heterocycles. The lowest BCUT2D eigenvalue weighted by atomic mass is 9.91. The largest absolute Gasteiger partial charge is 0.462 e. The van der Waals surface area contributed by atoms with Crippen LogP contribution < -0.4 is 4.90 Å². The minimum atomic E-state index is -0.624. The van der Waals surface area contributed by atoms with Crippen molar-refractivity contribution in [1.82, 2.24) is 0 Å². The third-order valence-electron chi connectivity index (χ3n) is 5.15. The number of para-hydroxylation sites is 1. The van der Waals surface area contributed by atoms with E-state index in [9.17, 15) is 24.5 Å². The topological polar surface area (TPSA) is 107 Å². The molecule has 0 aromatic heterocycles. The summed E-state index contributed by atoms with van der Waals surface area (Å²) in [6.45, 7) is 1.92. The first-order valence-electron chi connectivity index (χ1n) is 10.1. The maximum Gasteiger partial charge on any atom is 0.338 e. The molecule has 3 aromatic carbocycles. The van der Waals surface area contributed by atoms with E-state index in [4.69, 9.17) is 4.74 Å². The molecule has 0 N–H and O–H groups in total. The smallest absolute Gasteiger partial charge is 0.338 e. The molecular formula is C25H18N2O6. The summed E-state index contributed by atoms with van der Waals surface area (Å²) in [5, 5.41) is 11.5. The second kappa shape index (κ2) is 8.88. The third kappa shape index (κ3) is 4.01. The Morgan fingerprint density at radius 3 is 2.24 bits per heavy atom. The van der Waals surface area contributed by atoms with Crippen LogP contribution in [0.5, 0.6) is 0 Å². The summed E-state index contributed by atoms with van der Waals surface area (Å²) in [6, 6.07) is 18.6. The van der Waals surface area contributed by atoms with E-state index in [1.807, 2.05) is 0 Å². The Morgan fingerprint density at radius 1 is 0.939 bits per heavy atom. The van der Waals surface area contributed by atoms with Crippen LogP contribution >= 0.6 is 0 Å². The minimum Gasteiger partial charge on any atom is -0.462 e. The van der Waals surface area contributed by atoms with E-state index in [0.717, 1.165) is 4.90 Å². The molecular weight excluding hydrogens is 424 g/mol. The van der Waals surface area contributed by atoms with Crippen LogP contribution in [0.1, 0.15) is 38.8 Å². The highest BCUT2D eigenvalue weighted by Crippen LogP contribution is 2.34. The number of ether oxygens (including phenoxy) is 1. The molecule has 0 saturated carbocycles. The van der Waals surface area contributed by atoms with Crippen molar-refractivity contribution in [2.45, 2.75) is 6.92 Å². The van der Waals surface area contributed by atoms with Gasteiger partial charge in [-0.25, -0.2) is 9.69 Å². The first-order chi connectivity index (χ1) is 15.9. The molecule has 33 heavy (non-hydrogen) atoms. The van der Waals surface area contributed by atoms with Crippen LogP contribution in [0.3, 0.4) is 0 Å². The Morgan fingerprint density at radius 2 is 1.58 bits per heavy atom. The van der Waals surface area contributed by atoms with Gasteiger partial charge >= 0.3 is 5.97 Å². The lowest BCUT2D eigenvalue weighted by Crippen LogP contribution is -2.41. The fraction of sp³-hybridized carbons (Fsp3) is 0.0800. The molecule has 0 unspecified atom stereocenters. The Hall–Kier alpha value is -4.59. The first kappa shape index (κ1) is 21.6. The molecule has 0 bridgehead atoms. The fourth-order valence-corrected chi connectivity index (χ4v) is 3.62. The molecule has 1 heterocycles. The van der Waals surface area contributed by atoms with Gasteiger partial charge in [-0.15, -0.1) is 0 Å². The van der Waals surface area contributed by atoms with Crippen LogP contribution in [0.25, 0.3) is 11.6 Å². The maximum atomic E-state index is 13.5. The summed E-state index contributed by atoms with van der Waals surface area (Å²) < 4.78 is 4.97. The summed E-state index contributed by atoms with van der Waals surface area (Å²) in [6.07, 6.45) is 1.42. The predicted molar refractivity (Wildman–Crippen MR) is 122 cm³/mol. The number of carbonyl (C=O) groups is 3. The number of nitrogens with zero attached hydrogens (tertiary/aromatic N) is 2. The predicted octanol–water partition coefficient (Wildman–Crippen LogP) is 4.50. The highest BCUT2D eigenvalue weighted by Gasteiger charge is 2.36. The Labute approximate surface area is 188 Å². The van der Waals surface area contributed by atoms with Gasteiger partial charge in [0.2, 0.25) is 0 Å². The molecule has 0 aliphatic carbocycles. The second-order valence-electron chi connectivity index (χ2n) is 7.13. The molecule has 0 atom stereocenters. The molecule has 1 aliphatic rings. The molecule has 2 amide bonds. The zero-order chi connectivity index (χ0) is 23.5. The van der Waals surface area contributed by atoms with Gasteiger partial charge in [-0.2, -0.15) is 0 Å². The number of nitro benzene ring substituents is 1. The van der Waals surface area contributed by atoms with Crippen LogP contribution in [0.4, 0.5) is 11.4 Å². The molecule has 0 radical (unpaired) electrons. The van der Waals surface area contributed by atoms with E-state index in [-0.39, 0.29) is 40.2 Å². The van der Waals surface area contributed by atoms with Crippen LogP contribution in [0.15, 0.2) is 72.8 Å². The third-order valence-corrected chi connectivity index (χ3v) is 5.15. The number of rotatable bonds is 5. The number of hydrogen-bond donors (Lipinski definition) is 0. The Kier molecular flexibility index (Phi) is 5.82. The highest BCUT2D eigenvalue weighted by molar-refractivity contribution is 6.43. The van der Waals surface area contributed by atoms with Crippen molar-refractivity contribution in [2.75, 3.05) is 11.5 Å². The zero-order valence-electron chi connectivity index (χ0n) is 17.6. The number of imide groups is 1. The summed E-state index contributed by atoms with van der Waals surface area (Å²) in [5.74, 6) is -1.66. The van der Waals surface area contributed by atoms with E-state index in [2.05, 4.69) is 0 Å². The number of carbonyl (C=O) groups excluding carboxylic acids is 3. The van der Waals surface area contributed by atoms with Gasteiger partial charge in [-0.3, -0.25) is 19.7 Å². The minimum absolute atomic E-state index is 0.147. The van der Waals surface area contributed by atoms with Crippen molar-refractivity contribution >= 4 is 40.8 Å². The van der Waals surface area contributed by atoms with Gasteiger partial charge in [0.1, 0.15) is 0 Å². The molecule has 1 aliphatic heterocycles.